The van der Waals surface area contributed by atoms with Crippen molar-refractivity contribution in [2.45, 2.75) is 26.7 Å². The Kier molecular flexibility index (Phi) is 8.11. The average molecular weight is 348 g/mol. The predicted molar refractivity (Wildman–Crippen MR) is 94.1 cm³/mol. The summed E-state index contributed by atoms with van der Waals surface area (Å²) in [7, 11) is 0. The molecule has 0 aliphatic heterocycles. The molecule has 1 aromatic rings. The molecular formula is C17H24N4O4. The molecule has 136 valence electrons. The van der Waals surface area contributed by atoms with Crippen LogP contribution in [-0.2, 0) is 19.1 Å². The van der Waals surface area contributed by atoms with Gasteiger partial charge in [-0.3, -0.25) is 19.8 Å². The van der Waals surface area contributed by atoms with Gasteiger partial charge in [0.25, 0.3) is 0 Å². The molecule has 0 aromatic heterocycles. The third kappa shape index (κ3) is 7.47. The lowest BCUT2D eigenvalue weighted by Gasteiger charge is -2.11. The van der Waals surface area contributed by atoms with Gasteiger partial charge in [-0.1, -0.05) is 6.92 Å². The molecule has 0 heterocycles. The van der Waals surface area contributed by atoms with E-state index in [1.54, 1.807) is 38.1 Å². The summed E-state index contributed by atoms with van der Waals surface area (Å²) < 4.78 is 4.85. The Morgan fingerprint density at radius 2 is 1.76 bits per heavy atom. The van der Waals surface area contributed by atoms with Gasteiger partial charge in [0.15, 0.2) is 0 Å². The van der Waals surface area contributed by atoms with Crippen molar-refractivity contribution in [2.24, 2.45) is 11.7 Å². The molecule has 8 nitrogen and oxygen atoms in total. The van der Waals surface area contributed by atoms with Crippen LogP contribution in [0.4, 0.5) is 5.69 Å². The fourth-order valence-electron chi connectivity index (χ4n) is 1.91. The van der Waals surface area contributed by atoms with Crippen molar-refractivity contribution in [1.82, 2.24) is 5.32 Å². The summed E-state index contributed by atoms with van der Waals surface area (Å²) in [4.78, 5) is 35.0. The van der Waals surface area contributed by atoms with E-state index in [4.69, 9.17) is 15.9 Å². The minimum absolute atomic E-state index is 0.0207. The fourth-order valence-corrected chi connectivity index (χ4v) is 1.91. The number of esters is 1. The number of benzene rings is 1. The zero-order valence-corrected chi connectivity index (χ0v) is 14.4. The van der Waals surface area contributed by atoms with Crippen molar-refractivity contribution in [2.75, 3.05) is 18.5 Å². The first kappa shape index (κ1) is 20.1. The van der Waals surface area contributed by atoms with Crippen molar-refractivity contribution in [3.63, 3.8) is 0 Å². The molecule has 0 aliphatic rings. The Morgan fingerprint density at radius 3 is 2.32 bits per heavy atom. The summed E-state index contributed by atoms with van der Waals surface area (Å²) in [5.41, 5.74) is 6.48. The van der Waals surface area contributed by atoms with Gasteiger partial charge in [0.05, 0.1) is 12.5 Å². The molecule has 25 heavy (non-hydrogen) atoms. The largest absolute Gasteiger partial charge is 0.466 e. The molecule has 0 saturated carbocycles. The van der Waals surface area contributed by atoms with Crippen LogP contribution in [0.2, 0.25) is 0 Å². The van der Waals surface area contributed by atoms with Crippen LogP contribution in [0.15, 0.2) is 24.3 Å². The van der Waals surface area contributed by atoms with E-state index in [9.17, 15) is 14.4 Å². The zero-order chi connectivity index (χ0) is 18.8. The maximum Gasteiger partial charge on any atom is 0.310 e. The Balaban J connectivity index is 2.32. The van der Waals surface area contributed by atoms with Crippen LogP contribution < -0.4 is 16.4 Å². The van der Waals surface area contributed by atoms with Crippen LogP contribution in [0.3, 0.4) is 0 Å². The SMILES string of the molecule is CCOC(=O)C(C)CNC(=O)CCC(=O)Nc1ccc(C(=N)N)cc1. The van der Waals surface area contributed by atoms with Crippen LogP contribution in [-0.4, -0.2) is 36.8 Å². The molecule has 1 atom stereocenters. The molecule has 0 radical (unpaired) electrons. The summed E-state index contributed by atoms with van der Waals surface area (Å²) in [5, 5.41) is 12.6. The summed E-state index contributed by atoms with van der Waals surface area (Å²) in [6, 6.07) is 6.52. The maximum atomic E-state index is 11.8. The Labute approximate surface area is 146 Å². The number of carbonyl (C=O) groups is 3. The lowest BCUT2D eigenvalue weighted by atomic mass is 10.1. The lowest BCUT2D eigenvalue weighted by molar-refractivity contribution is -0.147. The first-order valence-electron chi connectivity index (χ1n) is 8.01. The van der Waals surface area contributed by atoms with Gasteiger partial charge in [-0.25, -0.2) is 0 Å². The number of nitrogens with one attached hydrogen (secondary N) is 3. The number of anilines is 1. The number of nitrogens with two attached hydrogens (primary N) is 1. The Morgan fingerprint density at radius 1 is 1.16 bits per heavy atom. The summed E-state index contributed by atoms with van der Waals surface area (Å²) in [6.45, 7) is 3.85. The highest BCUT2D eigenvalue weighted by molar-refractivity contribution is 5.96. The van der Waals surface area contributed by atoms with Gasteiger partial charge in [0, 0.05) is 30.6 Å². The van der Waals surface area contributed by atoms with E-state index in [1.165, 1.54) is 0 Å². The van der Waals surface area contributed by atoms with E-state index in [-0.39, 0.29) is 43.0 Å². The Hall–Kier alpha value is -2.90. The standard InChI is InChI=1S/C17H24N4O4/c1-3-25-17(24)11(2)10-20-14(22)8-9-15(23)21-13-6-4-12(5-7-13)16(18)19/h4-7,11H,3,8-10H2,1-2H3,(H3,18,19)(H,20,22)(H,21,23). The van der Waals surface area contributed by atoms with E-state index in [0.717, 1.165) is 0 Å². The van der Waals surface area contributed by atoms with Gasteiger partial charge in [0.1, 0.15) is 5.84 Å². The van der Waals surface area contributed by atoms with E-state index >= 15 is 0 Å². The quantitative estimate of drug-likeness (QED) is 0.300. The molecule has 0 spiro atoms. The second-order valence-corrected chi connectivity index (χ2v) is 5.50. The number of amidine groups is 1. The van der Waals surface area contributed by atoms with Crippen LogP contribution in [0.1, 0.15) is 32.3 Å². The highest BCUT2D eigenvalue weighted by atomic mass is 16.5. The van der Waals surface area contributed by atoms with Crippen LogP contribution in [0.5, 0.6) is 0 Å². The van der Waals surface area contributed by atoms with Crippen molar-refractivity contribution in [3.8, 4) is 0 Å². The van der Waals surface area contributed by atoms with Gasteiger partial charge < -0.3 is 21.1 Å². The number of amides is 2. The Bertz CT molecular complexity index is 628. The van der Waals surface area contributed by atoms with Crippen LogP contribution >= 0.6 is 0 Å². The molecule has 2 amide bonds. The predicted octanol–water partition coefficient (Wildman–Crippen LogP) is 1.00. The molecule has 1 aromatic carbocycles. The molecule has 0 saturated heterocycles. The summed E-state index contributed by atoms with van der Waals surface area (Å²) in [5.74, 6) is -1.46. The number of rotatable bonds is 9. The van der Waals surface area contributed by atoms with Crippen molar-refractivity contribution >= 4 is 29.3 Å². The molecule has 8 heteroatoms. The highest BCUT2D eigenvalue weighted by Crippen LogP contribution is 2.10. The molecular weight excluding hydrogens is 324 g/mol. The third-order valence-corrected chi connectivity index (χ3v) is 3.35. The van der Waals surface area contributed by atoms with Crippen LogP contribution in [0, 0.1) is 11.3 Å². The van der Waals surface area contributed by atoms with Crippen LogP contribution in [0.25, 0.3) is 0 Å². The zero-order valence-electron chi connectivity index (χ0n) is 14.4. The minimum atomic E-state index is -0.433. The highest BCUT2D eigenvalue weighted by Gasteiger charge is 2.15. The molecule has 0 bridgehead atoms. The molecule has 1 unspecified atom stereocenters. The first-order valence-corrected chi connectivity index (χ1v) is 8.01. The third-order valence-electron chi connectivity index (χ3n) is 3.35. The van der Waals surface area contributed by atoms with Crippen molar-refractivity contribution in [3.05, 3.63) is 29.8 Å². The summed E-state index contributed by atoms with van der Waals surface area (Å²) >= 11 is 0. The monoisotopic (exact) mass is 348 g/mol. The smallest absolute Gasteiger partial charge is 0.310 e. The van der Waals surface area contributed by atoms with E-state index in [1.807, 2.05) is 0 Å². The van der Waals surface area contributed by atoms with Gasteiger partial charge >= 0.3 is 5.97 Å². The van der Waals surface area contributed by atoms with Gasteiger partial charge in [0.2, 0.25) is 11.8 Å². The van der Waals surface area contributed by atoms with Crippen molar-refractivity contribution in [1.29, 1.82) is 5.41 Å². The number of carbonyl (C=O) groups excluding carboxylic acids is 3. The first-order chi connectivity index (χ1) is 11.8. The second kappa shape index (κ2) is 10.1. The fraction of sp³-hybridized carbons (Fsp3) is 0.412. The summed E-state index contributed by atoms with van der Waals surface area (Å²) in [6.07, 6.45) is 0.0426. The van der Waals surface area contributed by atoms with Gasteiger partial charge in [-0.05, 0) is 31.2 Å². The van der Waals surface area contributed by atoms with Gasteiger partial charge in [-0.15, -0.1) is 0 Å². The van der Waals surface area contributed by atoms with E-state index < -0.39 is 5.92 Å². The maximum absolute atomic E-state index is 11.8. The molecule has 0 fully saturated rings. The normalized spacial score (nSPS) is 11.3. The number of nitrogen functional groups attached to an aromatic ring is 1. The number of hydrogen-bond donors (Lipinski definition) is 4. The average Bonchev–Trinajstić information content (AvgIpc) is 2.58. The number of ether oxygens (including phenoxy) is 1. The minimum Gasteiger partial charge on any atom is -0.466 e. The van der Waals surface area contributed by atoms with Gasteiger partial charge in [-0.2, -0.15) is 0 Å². The molecule has 1 rings (SSSR count). The second-order valence-electron chi connectivity index (χ2n) is 5.50. The number of hydrogen-bond acceptors (Lipinski definition) is 5. The molecule has 0 aliphatic carbocycles. The van der Waals surface area contributed by atoms with E-state index in [0.29, 0.717) is 17.9 Å². The topological polar surface area (TPSA) is 134 Å². The lowest BCUT2D eigenvalue weighted by Crippen LogP contribution is -2.32. The van der Waals surface area contributed by atoms with E-state index in [2.05, 4.69) is 10.6 Å². The van der Waals surface area contributed by atoms with Crippen molar-refractivity contribution < 1.29 is 19.1 Å². The molecule has 5 N–H and O–H groups in total.